The number of aliphatic hydroxyl groups excluding tert-OH is 1. The SMILES string of the molecule is O=C1OC[C@@H](CO)N1c1cc(Br)ccn1. The first-order valence-electron chi connectivity index (χ1n) is 4.41. The van der Waals surface area contributed by atoms with Crippen LogP contribution in [-0.2, 0) is 4.74 Å². The number of amides is 1. The van der Waals surface area contributed by atoms with Gasteiger partial charge in [0.25, 0.3) is 0 Å². The maximum absolute atomic E-state index is 11.4. The molecule has 2 rings (SSSR count). The molecule has 2 heterocycles. The molecule has 6 heteroatoms. The van der Waals surface area contributed by atoms with Crippen LogP contribution in [0.15, 0.2) is 22.8 Å². The quantitative estimate of drug-likeness (QED) is 0.878. The lowest BCUT2D eigenvalue weighted by Gasteiger charge is -2.18. The van der Waals surface area contributed by atoms with Gasteiger partial charge in [0, 0.05) is 10.7 Å². The number of halogens is 1. The molecule has 0 radical (unpaired) electrons. The number of cyclic esters (lactones) is 1. The van der Waals surface area contributed by atoms with Crippen LogP contribution in [0.2, 0.25) is 0 Å². The number of rotatable bonds is 2. The summed E-state index contributed by atoms with van der Waals surface area (Å²) in [4.78, 5) is 16.8. The second-order valence-corrected chi connectivity index (χ2v) is 4.03. The van der Waals surface area contributed by atoms with Crippen molar-refractivity contribution in [2.24, 2.45) is 0 Å². The first kappa shape index (κ1) is 10.4. The largest absolute Gasteiger partial charge is 0.447 e. The van der Waals surface area contributed by atoms with Crippen LogP contribution in [0.25, 0.3) is 0 Å². The minimum atomic E-state index is -0.473. The number of anilines is 1. The van der Waals surface area contributed by atoms with Crippen LogP contribution in [0.5, 0.6) is 0 Å². The topological polar surface area (TPSA) is 62.7 Å². The number of aliphatic hydroxyl groups is 1. The fourth-order valence-electron chi connectivity index (χ4n) is 1.40. The third-order valence-electron chi connectivity index (χ3n) is 2.13. The fourth-order valence-corrected chi connectivity index (χ4v) is 1.72. The summed E-state index contributed by atoms with van der Waals surface area (Å²) in [6.07, 6.45) is 1.11. The third-order valence-corrected chi connectivity index (χ3v) is 2.62. The van der Waals surface area contributed by atoms with E-state index in [1.165, 1.54) is 4.90 Å². The van der Waals surface area contributed by atoms with Crippen molar-refractivity contribution in [2.45, 2.75) is 6.04 Å². The maximum Gasteiger partial charge on any atom is 0.416 e. The van der Waals surface area contributed by atoms with Gasteiger partial charge in [-0.05, 0) is 12.1 Å². The van der Waals surface area contributed by atoms with E-state index >= 15 is 0 Å². The van der Waals surface area contributed by atoms with Crippen molar-refractivity contribution < 1.29 is 14.6 Å². The number of aromatic nitrogens is 1. The predicted octanol–water partition coefficient (Wildman–Crippen LogP) is 1.16. The fraction of sp³-hybridized carbons (Fsp3) is 0.333. The van der Waals surface area contributed by atoms with Crippen LogP contribution in [0, 0.1) is 0 Å². The highest BCUT2D eigenvalue weighted by molar-refractivity contribution is 9.10. The highest BCUT2D eigenvalue weighted by atomic mass is 79.9. The van der Waals surface area contributed by atoms with Gasteiger partial charge < -0.3 is 9.84 Å². The summed E-state index contributed by atoms with van der Waals surface area (Å²) in [6, 6.07) is 3.12. The molecule has 1 amide bonds. The van der Waals surface area contributed by atoms with Crippen molar-refractivity contribution >= 4 is 27.8 Å². The van der Waals surface area contributed by atoms with Gasteiger partial charge in [0.15, 0.2) is 0 Å². The molecular weight excluding hydrogens is 264 g/mol. The highest BCUT2D eigenvalue weighted by Crippen LogP contribution is 2.23. The molecule has 1 saturated heterocycles. The standard InChI is InChI=1S/C9H9BrN2O3/c10-6-1-2-11-8(3-6)12-7(4-13)5-15-9(12)14/h1-3,7,13H,4-5H2/t7-/m1/s1. The summed E-state index contributed by atoms with van der Waals surface area (Å²) in [6.45, 7) is 0.0590. The van der Waals surface area contributed by atoms with Gasteiger partial charge >= 0.3 is 6.09 Å². The number of carbonyl (C=O) groups is 1. The van der Waals surface area contributed by atoms with Crippen molar-refractivity contribution in [3.63, 3.8) is 0 Å². The average molecular weight is 273 g/mol. The van der Waals surface area contributed by atoms with Crippen LogP contribution in [0.1, 0.15) is 0 Å². The Morgan fingerprint density at radius 2 is 2.53 bits per heavy atom. The Bertz CT molecular complexity index is 385. The molecule has 1 atom stereocenters. The van der Waals surface area contributed by atoms with E-state index in [9.17, 15) is 4.79 Å². The Balaban J connectivity index is 2.32. The predicted molar refractivity (Wildman–Crippen MR) is 56.6 cm³/mol. The second-order valence-electron chi connectivity index (χ2n) is 3.12. The van der Waals surface area contributed by atoms with E-state index in [2.05, 4.69) is 20.9 Å². The number of carbonyl (C=O) groups excluding carboxylic acids is 1. The Morgan fingerprint density at radius 1 is 1.73 bits per heavy atom. The minimum Gasteiger partial charge on any atom is -0.447 e. The molecule has 15 heavy (non-hydrogen) atoms. The summed E-state index contributed by atoms with van der Waals surface area (Å²) in [7, 11) is 0. The van der Waals surface area contributed by atoms with Crippen LogP contribution in [0.3, 0.4) is 0 Å². The van der Waals surface area contributed by atoms with Gasteiger partial charge in [-0.25, -0.2) is 9.78 Å². The van der Waals surface area contributed by atoms with Crippen molar-refractivity contribution in [2.75, 3.05) is 18.1 Å². The monoisotopic (exact) mass is 272 g/mol. The third kappa shape index (κ3) is 1.95. The lowest BCUT2D eigenvalue weighted by Crippen LogP contribution is -2.36. The molecule has 1 aliphatic heterocycles. The molecule has 0 spiro atoms. The Labute approximate surface area is 94.8 Å². The first-order valence-corrected chi connectivity index (χ1v) is 5.20. The summed E-state index contributed by atoms with van der Waals surface area (Å²) >= 11 is 3.29. The molecular formula is C9H9BrN2O3. The first-order chi connectivity index (χ1) is 7.22. The summed E-state index contributed by atoms with van der Waals surface area (Å²) in [5, 5.41) is 9.07. The minimum absolute atomic E-state index is 0.139. The summed E-state index contributed by atoms with van der Waals surface area (Å²) in [5.41, 5.74) is 0. The summed E-state index contributed by atoms with van der Waals surface area (Å²) < 4.78 is 5.66. The van der Waals surface area contributed by atoms with Crippen LogP contribution < -0.4 is 4.90 Å². The number of hydrogen-bond acceptors (Lipinski definition) is 4. The van der Waals surface area contributed by atoms with E-state index in [4.69, 9.17) is 9.84 Å². The second kappa shape index (κ2) is 4.16. The van der Waals surface area contributed by atoms with E-state index in [0.29, 0.717) is 5.82 Å². The molecule has 0 unspecified atom stereocenters. The smallest absolute Gasteiger partial charge is 0.416 e. The van der Waals surface area contributed by atoms with Gasteiger partial charge in [0.1, 0.15) is 12.4 Å². The zero-order valence-electron chi connectivity index (χ0n) is 7.76. The molecule has 5 nitrogen and oxygen atoms in total. The van der Waals surface area contributed by atoms with E-state index in [1.807, 2.05) is 0 Å². The van der Waals surface area contributed by atoms with Crippen LogP contribution in [-0.4, -0.2) is 35.4 Å². The van der Waals surface area contributed by atoms with Gasteiger partial charge in [-0.1, -0.05) is 15.9 Å². The van der Waals surface area contributed by atoms with Crippen molar-refractivity contribution in [3.05, 3.63) is 22.8 Å². The van der Waals surface area contributed by atoms with Gasteiger partial charge in [-0.3, -0.25) is 4.90 Å². The lowest BCUT2D eigenvalue weighted by atomic mass is 10.3. The Morgan fingerprint density at radius 3 is 3.20 bits per heavy atom. The molecule has 0 saturated carbocycles. The molecule has 1 fully saturated rings. The molecule has 1 aromatic heterocycles. The molecule has 0 aromatic carbocycles. The summed E-state index contributed by atoms with van der Waals surface area (Å²) in [5.74, 6) is 0.478. The molecule has 1 N–H and O–H groups in total. The number of nitrogens with zero attached hydrogens (tertiary/aromatic N) is 2. The van der Waals surface area contributed by atoms with Gasteiger partial charge in [-0.2, -0.15) is 0 Å². The van der Waals surface area contributed by atoms with Crippen molar-refractivity contribution in [3.8, 4) is 0 Å². The highest BCUT2D eigenvalue weighted by Gasteiger charge is 2.34. The zero-order valence-corrected chi connectivity index (χ0v) is 9.35. The lowest BCUT2D eigenvalue weighted by molar-refractivity contribution is 0.174. The van der Waals surface area contributed by atoms with Gasteiger partial charge in [-0.15, -0.1) is 0 Å². The molecule has 0 aliphatic carbocycles. The maximum atomic E-state index is 11.4. The Hall–Kier alpha value is -1.14. The van der Waals surface area contributed by atoms with E-state index in [1.54, 1.807) is 18.3 Å². The number of hydrogen-bond donors (Lipinski definition) is 1. The van der Waals surface area contributed by atoms with E-state index in [-0.39, 0.29) is 19.3 Å². The number of pyridine rings is 1. The zero-order chi connectivity index (χ0) is 10.8. The molecule has 0 bridgehead atoms. The van der Waals surface area contributed by atoms with Crippen molar-refractivity contribution in [1.82, 2.24) is 4.98 Å². The molecule has 1 aromatic rings. The normalized spacial score (nSPS) is 20.5. The van der Waals surface area contributed by atoms with Crippen LogP contribution in [0.4, 0.5) is 10.6 Å². The van der Waals surface area contributed by atoms with Gasteiger partial charge in [0.2, 0.25) is 0 Å². The van der Waals surface area contributed by atoms with E-state index in [0.717, 1.165) is 4.47 Å². The molecule has 80 valence electrons. The number of ether oxygens (including phenoxy) is 1. The van der Waals surface area contributed by atoms with E-state index < -0.39 is 6.09 Å². The van der Waals surface area contributed by atoms with Crippen molar-refractivity contribution in [1.29, 1.82) is 0 Å². The van der Waals surface area contributed by atoms with Gasteiger partial charge in [0.05, 0.1) is 12.6 Å². The van der Waals surface area contributed by atoms with Crippen LogP contribution >= 0.6 is 15.9 Å². The molecule has 1 aliphatic rings. The Kier molecular flexibility index (Phi) is 2.88. The average Bonchev–Trinajstić information content (AvgIpc) is 2.59.